The molecule has 1 heterocycles. The molecule has 0 radical (unpaired) electrons. The lowest BCUT2D eigenvalue weighted by Crippen LogP contribution is -2.48. The molecule has 0 saturated carbocycles. The van der Waals surface area contributed by atoms with Crippen LogP contribution < -0.4 is 5.32 Å². The molecule has 1 fully saturated rings. The molecule has 1 aliphatic heterocycles. The molecule has 1 amide bonds. The molecule has 0 spiro atoms. The van der Waals surface area contributed by atoms with Crippen molar-refractivity contribution in [1.82, 2.24) is 15.1 Å². The molecule has 24 heavy (non-hydrogen) atoms. The molecule has 1 saturated heterocycles. The van der Waals surface area contributed by atoms with Crippen LogP contribution >= 0.6 is 0 Å². The van der Waals surface area contributed by atoms with Crippen LogP contribution in [0.15, 0.2) is 42.5 Å². The fraction of sp³-hybridized carbons (Fsp3) is 0.550. The van der Waals surface area contributed by atoms with Gasteiger partial charge in [-0.15, -0.1) is 0 Å². The second-order valence-electron chi connectivity index (χ2n) is 6.92. The fourth-order valence-corrected chi connectivity index (χ4v) is 3.54. The summed E-state index contributed by atoms with van der Waals surface area (Å²) in [7, 11) is 0. The zero-order valence-electron chi connectivity index (χ0n) is 14.5. The molecule has 0 bridgehead atoms. The van der Waals surface area contributed by atoms with Crippen LogP contribution in [0.1, 0.15) is 24.8 Å². The SMILES string of the molecule is O=C(CC1C=CCC1)NCCN1CCN(Cc2ccccc2)CC1. The van der Waals surface area contributed by atoms with E-state index >= 15 is 0 Å². The summed E-state index contributed by atoms with van der Waals surface area (Å²) in [5.74, 6) is 0.667. The monoisotopic (exact) mass is 327 g/mol. The Morgan fingerprint density at radius 1 is 1.08 bits per heavy atom. The van der Waals surface area contributed by atoms with Crippen LogP contribution in [-0.2, 0) is 11.3 Å². The van der Waals surface area contributed by atoms with Crippen molar-refractivity contribution in [3.8, 4) is 0 Å². The van der Waals surface area contributed by atoms with E-state index in [9.17, 15) is 4.79 Å². The van der Waals surface area contributed by atoms with E-state index in [1.165, 1.54) is 5.56 Å². The molecular formula is C20H29N3O. The van der Waals surface area contributed by atoms with E-state index in [1.807, 2.05) is 0 Å². The van der Waals surface area contributed by atoms with Gasteiger partial charge >= 0.3 is 0 Å². The first kappa shape index (κ1) is 17.2. The van der Waals surface area contributed by atoms with Crippen molar-refractivity contribution in [3.05, 3.63) is 48.0 Å². The maximum absolute atomic E-state index is 11.9. The molecule has 1 aliphatic carbocycles. The van der Waals surface area contributed by atoms with Crippen molar-refractivity contribution in [2.24, 2.45) is 5.92 Å². The van der Waals surface area contributed by atoms with Gasteiger partial charge in [-0.05, 0) is 24.3 Å². The van der Waals surface area contributed by atoms with Gasteiger partial charge in [-0.25, -0.2) is 0 Å². The molecular weight excluding hydrogens is 298 g/mol. The smallest absolute Gasteiger partial charge is 0.220 e. The van der Waals surface area contributed by atoms with Crippen LogP contribution in [0.4, 0.5) is 0 Å². The molecule has 1 unspecified atom stereocenters. The number of piperazine rings is 1. The van der Waals surface area contributed by atoms with Crippen LogP contribution in [0.25, 0.3) is 0 Å². The van der Waals surface area contributed by atoms with Gasteiger partial charge in [0, 0.05) is 52.2 Å². The molecule has 2 aliphatic rings. The van der Waals surface area contributed by atoms with Gasteiger partial charge < -0.3 is 5.32 Å². The van der Waals surface area contributed by atoms with Crippen LogP contribution in [0.2, 0.25) is 0 Å². The fourth-order valence-electron chi connectivity index (χ4n) is 3.54. The summed E-state index contributed by atoms with van der Waals surface area (Å²) in [4.78, 5) is 16.9. The van der Waals surface area contributed by atoms with E-state index in [2.05, 4.69) is 57.6 Å². The third-order valence-electron chi connectivity index (χ3n) is 5.02. The molecule has 1 aromatic carbocycles. The van der Waals surface area contributed by atoms with Crippen molar-refractivity contribution in [1.29, 1.82) is 0 Å². The van der Waals surface area contributed by atoms with E-state index in [1.54, 1.807) is 0 Å². The van der Waals surface area contributed by atoms with Gasteiger partial charge in [-0.2, -0.15) is 0 Å². The van der Waals surface area contributed by atoms with Crippen LogP contribution in [0.5, 0.6) is 0 Å². The minimum absolute atomic E-state index is 0.203. The van der Waals surface area contributed by atoms with Crippen LogP contribution in [0, 0.1) is 5.92 Å². The van der Waals surface area contributed by atoms with Gasteiger partial charge in [0.15, 0.2) is 0 Å². The molecule has 0 aromatic heterocycles. The van der Waals surface area contributed by atoms with Gasteiger partial charge in [0.2, 0.25) is 5.91 Å². The predicted octanol–water partition coefficient (Wildman–Crippen LogP) is 2.28. The number of carbonyl (C=O) groups is 1. The van der Waals surface area contributed by atoms with E-state index in [-0.39, 0.29) is 5.91 Å². The normalized spacial score (nSPS) is 21.9. The van der Waals surface area contributed by atoms with Crippen molar-refractivity contribution in [3.63, 3.8) is 0 Å². The Bertz CT molecular complexity index is 535. The highest BCUT2D eigenvalue weighted by Gasteiger charge is 2.17. The molecule has 1 N–H and O–H groups in total. The topological polar surface area (TPSA) is 35.6 Å². The van der Waals surface area contributed by atoms with Gasteiger partial charge in [0.05, 0.1) is 0 Å². The highest BCUT2D eigenvalue weighted by Crippen LogP contribution is 2.19. The summed E-state index contributed by atoms with van der Waals surface area (Å²) in [6.07, 6.45) is 7.29. The second-order valence-corrected chi connectivity index (χ2v) is 6.92. The van der Waals surface area contributed by atoms with Crippen molar-refractivity contribution in [2.75, 3.05) is 39.3 Å². The molecule has 4 heteroatoms. The van der Waals surface area contributed by atoms with Gasteiger partial charge in [-0.3, -0.25) is 14.6 Å². The Kier molecular flexibility index (Phi) is 6.44. The zero-order chi connectivity index (χ0) is 16.6. The lowest BCUT2D eigenvalue weighted by atomic mass is 10.1. The maximum atomic E-state index is 11.9. The van der Waals surface area contributed by atoms with E-state index in [0.29, 0.717) is 12.3 Å². The number of carbonyl (C=O) groups excluding carboxylic acids is 1. The number of amides is 1. The average Bonchev–Trinajstić information content (AvgIpc) is 3.10. The van der Waals surface area contributed by atoms with Crippen molar-refractivity contribution in [2.45, 2.75) is 25.8 Å². The third-order valence-corrected chi connectivity index (χ3v) is 5.02. The summed E-state index contributed by atoms with van der Waals surface area (Å²) >= 11 is 0. The van der Waals surface area contributed by atoms with E-state index in [0.717, 1.165) is 58.7 Å². The first-order chi connectivity index (χ1) is 11.8. The number of allylic oxidation sites excluding steroid dienone is 2. The van der Waals surface area contributed by atoms with Gasteiger partial charge in [0.25, 0.3) is 0 Å². The highest BCUT2D eigenvalue weighted by atomic mass is 16.1. The minimum Gasteiger partial charge on any atom is -0.355 e. The number of nitrogens with one attached hydrogen (secondary N) is 1. The molecule has 3 rings (SSSR count). The summed E-state index contributed by atoms with van der Waals surface area (Å²) in [5.41, 5.74) is 1.39. The number of hydrogen-bond donors (Lipinski definition) is 1. The lowest BCUT2D eigenvalue weighted by molar-refractivity contribution is -0.121. The molecule has 130 valence electrons. The predicted molar refractivity (Wildman–Crippen MR) is 97.6 cm³/mol. The molecule has 1 atom stereocenters. The standard InChI is InChI=1S/C20H29N3O/c24-20(16-18-6-4-5-7-18)21-10-11-22-12-14-23(15-13-22)17-19-8-2-1-3-9-19/h1-4,6,8-9,18H,5,7,10-17H2,(H,21,24). The Labute approximate surface area is 145 Å². The summed E-state index contributed by atoms with van der Waals surface area (Å²) in [6.45, 7) is 7.17. The summed E-state index contributed by atoms with van der Waals surface area (Å²) in [5, 5.41) is 3.08. The number of benzene rings is 1. The van der Waals surface area contributed by atoms with E-state index in [4.69, 9.17) is 0 Å². The number of hydrogen-bond acceptors (Lipinski definition) is 3. The van der Waals surface area contributed by atoms with Gasteiger partial charge in [-0.1, -0.05) is 42.5 Å². The molecule has 4 nitrogen and oxygen atoms in total. The highest BCUT2D eigenvalue weighted by molar-refractivity contribution is 5.76. The van der Waals surface area contributed by atoms with Gasteiger partial charge in [0.1, 0.15) is 0 Å². The maximum Gasteiger partial charge on any atom is 0.220 e. The Morgan fingerprint density at radius 2 is 1.83 bits per heavy atom. The first-order valence-electron chi connectivity index (χ1n) is 9.21. The zero-order valence-corrected chi connectivity index (χ0v) is 14.5. The van der Waals surface area contributed by atoms with Crippen molar-refractivity contribution >= 4 is 5.91 Å². The Hall–Kier alpha value is -1.65. The van der Waals surface area contributed by atoms with E-state index < -0.39 is 0 Å². The Morgan fingerprint density at radius 3 is 2.54 bits per heavy atom. The van der Waals surface area contributed by atoms with Crippen LogP contribution in [-0.4, -0.2) is 55.0 Å². The second kappa shape index (κ2) is 9.00. The average molecular weight is 327 g/mol. The summed E-state index contributed by atoms with van der Waals surface area (Å²) < 4.78 is 0. The minimum atomic E-state index is 0.203. The first-order valence-corrected chi connectivity index (χ1v) is 9.21. The number of rotatable bonds is 7. The largest absolute Gasteiger partial charge is 0.355 e. The Balaban J connectivity index is 1.28. The summed E-state index contributed by atoms with van der Waals surface area (Å²) in [6, 6.07) is 10.7. The molecule has 1 aromatic rings. The number of nitrogens with zero attached hydrogens (tertiary/aromatic N) is 2. The van der Waals surface area contributed by atoms with Crippen molar-refractivity contribution < 1.29 is 4.79 Å². The third kappa shape index (κ3) is 5.46. The van der Waals surface area contributed by atoms with Crippen LogP contribution in [0.3, 0.4) is 0 Å². The lowest BCUT2D eigenvalue weighted by Gasteiger charge is -2.34. The quantitative estimate of drug-likeness (QED) is 0.781.